The van der Waals surface area contributed by atoms with Crippen LogP contribution in [0.5, 0.6) is 0 Å². The van der Waals surface area contributed by atoms with Gasteiger partial charge in [-0.25, -0.2) is 4.79 Å². The highest BCUT2D eigenvalue weighted by Gasteiger charge is 2.45. The fourth-order valence-corrected chi connectivity index (χ4v) is 2.97. The zero-order chi connectivity index (χ0) is 16.4. The van der Waals surface area contributed by atoms with E-state index in [1.807, 2.05) is 45.9 Å². The number of amides is 1. The van der Waals surface area contributed by atoms with Crippen molar-refractivity contribution in [2.45, 2.75) is 39.7 Å². The summed E-state index contributed by atoms with van der Waals surface area (Å²) in [5.74, 6) is 0.229. The molecule has 22 heavy (non-hydrogen) atoms. The van der Waals surface area contributed by atoms with Gasteiger partial charge in [0.2, 0.25) is 0 Å². The molecule has 4 heteroatoms. The van der Waals surface area contributed by atoms with Crippen molar-refractivity contribution in [1.29, 1.82) is 0 Å². The molecule has 0 radical (unpaired) electrons. The Bertz CT molecular complexity index is 509. The summed E-state index contributed by atoms with van der Waals surface area (Å²) in [6, 6.07) is 10.2. The minimum Gasteiger partial charge on any atom is -0.444 e. The van der Waals surface area contributed by atoms with Crippen molar-refractivity contribution in [3.8, 4) is 0 Å². The summed E-state index contributed by atoms with van der Waals surface area (Å²) < 4.78 is 5.46. The van der Waals surface area contributed by atoms with Gasteiger partial charge in [-0.1, -0.05) is 37.3 Å². The molecule has 0 aliphatic carbocycles. The summed E-state index contributed by atoms with van der Waals surface area (Å²) in [5, 5.41) is 9.83. The number of hydrogen-bond donors (Lipinski definition) is 1. The Morgan fingerprint density at radius 3 is 2.55 bits per heavy atom. The standard InChI is InChI=1S/C18H27NO3/c1-17(2,3)22-16(21)19-11-15(18(4,12-19)13-20)10-14-8-6-5-7-9-14/h5-9,15,20H,10-13H2,1-4H3/t15-,18?/m1/s1. The van der Waals surface area contributed by atoms with Crippen molar-refractivity contribution in [2.24, 2.45) is 11.3 Å². The van der Waals surface area contributed by atoms with Crippen molar-refractivity contribution in [3.63, 3.8) is 0 Å². The van der Waals surface area contributed by atoms with Gasteiger partial charge in [-0.3, -0.25) is 0 Å². The van der Waals surface area contributed by atoms with Gasteiger partial charge < -0.3 is 14.7 Å². The smallest absolute Gasteiger partial charge is 0.410 e. The van der Waals surface area contributed by atoms with Crippen LogP contribution in [0.2, 0.25) is 0 Å². The maximum absolute atomic E-state index is 12.3. The number of hydrogen-bond acceptors (Lipinski definition) is 3. The zero-order valence-corrected chi connectivity index (χ0v) is 14.0. The Balaban J connectivity index is 2.09. The van der Waals surface area contributed by atoms with Gasteiger partial charge in [0.05, 0.1) is 6.61 Å². The van der Waals surface area contributed by atoms with E-state index >= 15 is 0 Å². The molecule has 1 aliphatic rings. The molecule has 122 valence electrons. The Kier molecular flexibility index (Phi) is 4.81. The first-order valence-electron chi connectivity index (χ1n) is 7.86. The fraction of sp³-hybridized carbons (Fsp3) is 0.611. The van der Waals surface area contributed by atoms with Crippen LogP contribution in [0, 0.1) is 11.3 Å². The Morgan fingerprint density at radius 2 is 2.00 bits per heavy atom. The van der Waals surface area contributed by atoms with Crippen LogP contribution in [-0.4, -0.2) is 41.4 Å². The van der Waals surface area contributed by atoms with Crippen LogP contribution in [0.4, 0.5) is 4.79 Å². The molecule has 1 fully saturated rings. The number of ether oxygens (including phenoxy) is 1. The second-order valence-electron chi connectivity index (χ2n) is 7.56. The quantitative estimate of drug-likeness (QED) is 0.933. The summed E-state index contributed by atoms with van der Waals surface area (Å²) >= 11 is 0. The maximum Gasteiger partial charge on any atom is 0.410 e. The third kappa shape index (κ3) is 4.01. The summed E-state index contributed by atoms with van der Waals surface area (Å²) in [6.07, 6.45) is 0.569. The van der Waals surface area contributed by atoms with Crippen LogP contribution in [-0.2, 0) is 11.2 Å². The Morgan fingerprint density at radius 1 is 1.36 bits per heavy atom. The van der Waals surface area contributed by atoms with Crippen LogP contribution < -0.4 is 0 Å². The largest absolute Gasteiger partial charge is 0.444 e. The molecule has 2 rings (SSSR count). The van der Waals surface area contributed by atoms with E-state index in [4.69, 9.17) is 4.74 Å². The summed E-state index contributed by atoms with van der Waals surface area (Å²) in [5.41, 5.74) is 0.454. The van der Waals surface area contributed by atoms with E-state index in [1.54, 1.807) is 4.90 Å². The molecule has 1 heterocycles. The van der Waals surface area contributed by atoms with E-state index in [0.29, 0.717) is 13.1 Å². The second kappa shape index (κ2) is 6.29. The van der Waals surface area contributed by atoms with Gasteiger partial charge in [-0.15, -0.1) is 0 Å². The van der Waals surface area contributed by atoms with Crippen molar-refractivity contribution < 1.29 is 14.6 Å². The van der Waals surface area contributed by atoms with E-state index in [0.717, 1.165) is 6.42 Å². The van der Waals surface area contributed by atoms with Crippen LogP contribution >= 0.6 is 0 Å². The van der Waals surface area contributed by atoms with Crippen LogP contribution in [0.1, 0.15) is 33.3 Å². The lowest BCUT2D eigenvalue weighted by Gasteiger charge is -2.28. The molecule has 1 aromatic carbocycles. The molecular formula is C18H27NO3. The van der Waals surface area contributed by atoms with E-state index in [-0.39, 0.29) is 24.0 Å². The van der Waals surface area contributed by atoms with Gasteiger partial charge in [0.1, 0.15) is 5.60 Å². The fourth-order valence-electron chi connectivity index (χ4n) is 2.97. The van der Waals surface area contributed by atoms with Crippen molar-refractivity contribution in [2.75, 3.05) is 19.7 Å². The lowest BCUT2D eigenvalue weighted by molar-refractivity contribution is 0.0261. The van der Waals surface area contributed by atoms with Crippen molar-refractivity contribution in [1.82, 2.24) is 4.90 Å². The Hall–Kier alpha value is -1.55. The molecule has 1 saturated heterocycles. The van der Waals surface area contributed by atoms with E-state index in [9.17, 15) is 9.90 Å². The molecule has 1 aromatic rings. The molecular weight excluding hydrogens is 278 g/mol. The first kappa shape index (κ1) is 16.8. The number of rotatable bonds is 3. The monoisotopic (exact) mass is 305 g/mol. The molecule has 4 nitrogen and oxygen atoms in total. The molecule has 0 bridgehead atoms. The minimum atomic E-state index is -0.496. The molecule has 1 N–H and O–H groups in total. The van der Waals surface area contributed by atoms with Crippen LogP contribution in [0.25, 0.3) is 0 Å². The molecule has 1 amide bonds. The third-order valence-electron chi connectivity index (χ3n) is 4.32. The summed E-state index contributed by atoms with van der Waals surface area (Å²) in [4.78, 5) is 14.0. The highest BCUT2D eigenvalue weighted by molar-refractivity contribution is 5.68. The third-order valence-corrected chi connectivity index (χ3v) is 4.32. The topological polar surface area (TPSA) is 49.8 Å². The van der Waals surface area contributed by atoms with Gasteiger partial charge in [-0.05, 0) is 38.7 Å². The van der Waals surface area contributed by atoms with Gasteiger partial charge in [0.15, 0.2) is 0 Å². The van der Waals surface area contributed by atoms with Gasteiger partial charge in [0, 0.05) is 18.5 Å². The van der Waals surface area contributed by atoms with E-state index < -0.39 is 5.60 Å². The molecule has 0 saturated carbocycles. The number of likely N-dealkylation sites (tertiary alicyclic amines) is 1. The van der Waals surface area contributed by atoms with Crippen LogP contribution in [0.3, 0.4) is 0 Å². The van der Waals surface area contributed by atoms with Crippen LogP contribution in [0.15, 0.2) is 30.3 Å². The number of nitrogens with zero attached hydrogens (tertiary/aromatic N) is 1. The number of carbonyl (C=O) groups is 1. The number of benzene rings is 1. The number of aliphatic hydroxyl groups excluding tert-OH is 1. The summed E-state index contributed by atoms with van der Waals surface area (Å²) in [6.45, 7) is 8.89. The maximum atomic E-state index is 12.3. The first-order valence-corrected chi connectivity index (χ1v) is 7.86. The second-order valence-corrected chi connectivity index (χ2v) is 7.56. The number of carbonyl (C=O) groups excluding carboxylic acids is 1. The minimum absolute atomic E-state index is 0.0732. The Labute approximate surface area is 133 Å². The average molecular weight is 305 g/mol. The molecule has 1 aliphatic heterocycles. The SMILES string of the molecule is CC(C)(C)OC(=O)N1C[C@@H](Cc2ccccc2)C(C)(CO)C1. The van der Waals surface area contributed by atoms with E-state index in [2.05, 4.69) is 12.1 Å². The highest BCUT2D eigenvalue weighted by atomic mass is 16.6. The molecule has 2 atom stereocenters. The lowest BCUT2D eigenvalue weighted by atomic mass is 9.77. The van der Waals surface area contributed by atoms with Crippen molar-refractivity contribution in [3.05, 3.63) is 35.9 Å². The first-order chi connectivity index (χ1) is 10.2. The van der Waals surface area contributed by atoms with Gasteiger partial charge in [0.25, 0.3) is 0 Å². The summed E-state index contributed by atoms with van der Waals surface area (Å²) in [7, 11) is 0. The van der Waals surface area contributed by atoms with E-state index in [1.165, 1.54) is 5.56 Å². The normalized spacial score (nSPS) is 25.3. The molecule has 1 unspecified atom stereocenters. The zero-order valence-electron chi connectivity index (χ0n) is 14.0. The lowest BCUT2D eigenvalue weighted by Crippen LogP contribution is -2.37. The average Bonchev–Trinajstić information content (AvgIpc) is 2.77. The number of aliphatic hydroxyl groups is 1. The van der Waals surface area contributed by atoms with Crippen molar-refractivity contribution >= 4 is 6.09 Å². The molecule has 0 spiro atoms. The van der Waals surface area contributed by atoms with Gasteiger partial charge >= 0.3 is 6.09 Å². The predicted molar refractivity (Wildman–Crippen MR) is 86.6 cm³/mol. The predicted octanol–water partition coefficient (Wildman–Crippen LogP) is 3.09. The highest BCUT2D eigenvalue weighted by Crippen LogP contribution is 2.38. The molecule has 0 aromatic heterocycles. The van der Waals surface area contributed by atoms with Gasteiger partial charge in [-0.2, -0.15) is 0 Å².